The van der Waals surface area contributed by atoms with E-state index in [1.54, 1.807) is 0 Å². The van der Waals surface area contributed by atoms with Crippen molar-refractivity contribution in [3.8, 4) is 0 Å². The van der Waals surface area contributed by atoms with Gasteiger partial charge in [-0.05, 0) is 30.4 Å². The smallest absolute Gasteiger partial charge is 0.0917 e. The summed E-state index contributed by atoms with van der Waals surface area (Å²) in [6.07, 6.45) is 0.758. The number of aliphatic hydroxyl groups is 1. The molecule has 1 aliphatic heterocycles. The third-order valence-electron chi connectivity index (χ3n) is 4.70. The Hall–Kier alpha value is -1.20. The van der Waals surface area contributed by atoms with Crippen molar-refractivity contribution in [3.05, 3.63) is 58.3 Å². The van der Waals surface area contributed by atoms with Crippen LogP contribution < -0.4 is 0 Å². The van der Waals surface area contributed by atoms with Crippen LogP contribution in [0.4, 0.5) is 0 Å². The van der Waals surface area contributed by atoms with Gasteiger partial charge in [0.1, 0.15) is 0 Å². The molecular weight excluding hydrogens is 304 g/mol. The van der Waals surface area contributed by atoms with Gasteiger partial charge in [-0.25, -0.2) is 0 Å². The van der Waals surface area contributed by atoms with Gasteiger partial charge >= 0.3 is 0 Å². The fourth-order valence-corrected chi connectivity index (χ4v) is 3.97. The van der Waals surface area contributed by atoms with Crippen LogP contribution in [0.15, 0.2) is 47.8 Å². The molecule has 0 amide bonds. The van der Waals surface area contributed by atoms with Crippen molar-refractivity contribution < 1.29 is 5.11 Å². The lowest BCUT2D eigenvalue weighted by Crippen LogP contribution is -2.53. The highest BCUT2D eigenvalue weighted by molar-refractivity contribution is 7.09. The van der Waals surface area contributed by atoms with Crippen molar-refractivity contribution in [2.45, 2.75) is 25.5 Å². The second-order valence-corrected chi connectivity index (χ2v) is 7.43. The second kappa shape index (κ2) is 8.06. The number of hydrogen-bond acceptors (Lipinski definition) is 4. The molecule has 0 aliphatic carbocycles. The van der Waals surface area contributed by atoms with Crippen LogP contribution in [0.3, 0.4) is 0 Å². The molecule has 2 aromatic rings. The van der Waals surface area contributed by atoms with Crippen molar-refractivity contribution in [2.24, 2.45) is 0 Å². The topological polar surface area (TPSA) is 26.7 Å². The van der Waals surface area contributed by atoms with Gasteiger partial charge in [-0.2, -0.15) is 0 Å². The van der Waals surface area contributed by atoms with Crippen LogP contribution in [0.1, 0.15) is 23.5 Å². The van der Waals surface area contributed by atoms with Crippen LogP contribution in [-0.4, -0.2) is 53.7 Å². The van der Waals surface area contributed by atoms with Gasteiger partial charge in [-0.15, -0.1) is 11.3 Å². The lowest BCUT2D eigenvalue weighted by Gasteiger charge is -2.40. The molecule has 1 aliphatic rings. The Morgan fingerprint density at radius 3 is 2.70 bits per heavy atom. The lowest BCUT2D eigenvalue weighted by molar-refractivity contribution is 0.0394. The number of thiophene rings is 1. The summed E-state index contributed by atoms with van der Waals surface area (Å²) in [5.41, 5.74) is 1.01. The molecule has 3 nitrogen and oxygen atoms in total. The summed E-state index contributed by atoms with van der Waals surface area (Å²) in [5, 5.41) is 12.6. The molecule has 1 fully saturated rings. The number of rotatable bonds is 6. The number of aliphatic hydroxyl groups excluding tert-OH is 1. The third kappa shape index (κ3) is 4.64. The van der Waals surface area contributed by atoms with E-state index < -0.39 is 6.10 Å². The maximum absolute atomic E-state index is 10.4. The molecular formula is C19H26N2OS. The standard InChI is InChI=1S/C19H26N2OS/c1-16-14-20(10-9-18-8-5-13-23-18)11-12-21(16)15-19(22)17-6-3-2-4-7-17/h2-8,13,16,19,22H,9-12,14-15H2,1H3/t16-,19+/m1/s1. The third-order valence-corrected chi connectivity index (χ3v) is 5.63. The SMILES string of the molecule is C[C@@H]1CN(CCc2cccs2)CCN1C[C@H](O)c1ccccc1. The van der Waals surface area contributed by atoms with Crippen molar-refractivity contribution in [1.29, 1.82) is 0 Å². The molecule has 4 heteroatoms. The van der Waals surface area contributed by atoms with Gasteiger partial charge in [0, 0.05) is 43.6 Å². The van der Waals surface area contributed by atoms with E-state index in [1.807, 2.05) is 41.7 Å². The average molecular weight is 330 g/mol. The van der Waals surface area contributed by atoms with Crippen molar-refractivity contribution in [3.63, 3.8) is 0 Å². The largest absolute Gasteiger partial charge is 0.387 e. The number of nitrogens with zero attached hydrogens (tertiary/aromatic N) is 2. The van der Waals surface area contributed by atoms with Gasteiger partial charge in [0.15, 0.2) is 0 Å². The molecule has 0 unspecified atom stereocenters. The predicted octanol–water partition coefficient (Wildman–Crippen LogP) is 3.03. The van der Waals surface area contributed by atoms with Gasteiger partial charge in [0.2, 0.25) is 0 Å². The normalized spacial score (nSPS) is 21.4. The van der Waals surface area contributed by atoms with Crippen LogP contribution in [0.5, 0.6) is 0 Å². The van der Waals surface area contributed by atoms with Crippen LogP contribution in [-0.2, 0) is 6.42 Å². The molecule has 1 aromatic heterocycles. The first kappa shape index (κ1) is 16.7. The van der Waals surface area contributed by atoms with E-state index in [2.05, 4.69) is 34.2 Å². The minimum Gasteiger partial charge on any atom is -0.387 e. The molecule has 1 aromatic carbocycles. The van der Waals surface area contributed by atoms with E-state index in [1.165, 1.54) is 4.88 Å². The summed E-state index contributed by atoms with van der Waals surface area (Å²) in [6, 6.07) is 14.8. The van der Waals surface area contributed by atoms with E-state index in [0.717, 1.165) is 44.7 Å². The first-order valence-corrected chi connectivity index (χ1v) is 9.32. The number of hydrogen-bond donors (Lipinski definition) is 1. The van der Waals surface area contributed by atoms with E-state index in [4.69, 9.17) is 0 Å². The Labute approximate surface area is 143 Å². The van der Waals surface area contributed by atoms with Gasteiger partial charge in [-0.1, -0.05) is 36.4 Å². The molecule has 2 atom stereocenters. The van der Waals surface area contributed by atoms with Gasteiger partial charge in [0.25, 0.3) is 0 Å². The molecule has 3 rings (SSSR count). The zero-order valence-electron chi connectivity index (χ0n) is 13.8. The van der Waals surface area contributed by atoms with E-state index >= 15 is 0 Å². The highest BCUT2D eigenvalue weighted by Gasteiger charge is 2.25. The molecule has 124 valence electrons. The minimum absolute atomic E-state index is 0.392. The highest BCUT2D eigenvalue weighted by Crippen LogP contribution is 2.18. The quantitative estimate of drug-likeness (QED) is 0.882. The van der Waals surface area contributed by atoms with E-state index in [0.29, 0.717) is 6.04 Å². The highest BCUT2D eigenvalue weighted by atomic mass is 32.1. The summed E-state index contributed by atoms with van der Waals surface area (Å²) >= 11 is 1.85. The Bertz CT molecular complexity index is 572. The molecule has 0 saturated carbocycles. The molecule has 1 N–H and O–H groups in total. The Morgan fingerprint density at radius 1 is 1.17 bits per heavy atom. The van der Waals surface area contributed by atoms with Crippen molar-refractivity contribution >= 4 is 11.3 Å². The maximum Gasteiger partial charge on any atom is 0.0917 e. The summed E-state index contributed by atoms with van der Waals surface area (Å²) < 4.78 is 0. The fraction of sp³-hybridized carbons (Fsp3) is 0.474. The molecule has 0 spiro atoms. The minimum atomic E-state index is -0.392. The summed E-state index contributed by atoms with van der Waals surface area (Å²) in [7, 11) is 0. The van der Waals surface area contributed by atoms with Gasteiger partial charge in [0.05, 0.1) is 6.10 Å². The Kier molecular flexibility index (Phi) is 5.84. The van der Waals surface area contributed by atoms with Crippen molar-refractivity contribution in [1.82, 2.24) is 9.80 Å². The zero-order chi connectivity index (χ0) is 16.1. The summed E-state index contributed by atoms with van der Waals surface area (Å²) in [5.74, 6) is 0. The molecule has 23 heavy (non-hydrogen) atoms. The van der Waals surface area contributed by atoms with Crippen LogP contribution >= 0.6 is 11.3 Å². The predicted molar refractivity (Wildman–Crippen MR) is 96.9 cm³/mol. The molecule has 0 radical (unpaired) electrons. The first-order chi connectivity index (χ1) is 11.2. The van der Waals surface area contributed by atoms with Crippen LogP contribution in [0.2, 0.25) is 0 Å². The summed E-state index contributed by atoms with van der Waals surface area (Å²) in [4.78, 5) is 6.44. The number of β-amino-alcohol motifs (C(OH)–C–C–N with tert-alkyl or cyclic N) is 1. The molecule has 2 heterocycles. The second-order valence-electron chi connectivity index (χ2n) is 6.40. The average Bonchev–Trinajstić information content (AvgIpc) is 3.09. The number of piperazine rings is 1. The first-order valence-electron chi connectivity index (χ1n) is 8.44. The maximum atomic E-state index is 10.4. The monoisotopic (exact) mass is 330 g/mol. The Morgan fingerprint density at radius 2 is 2.00 bits per heavy atom. The molecule has 1 saturated heterocycles. The zero-order valence-corrected chi connectivity index (χ0v) is 14.6. The van der Waals surface area contributed by atoms with Crippen molar-refractivity contribution in [2.75, 3.05) is 32.7 Å². The molecule has 0 bridgehead atoms. The van der Waals surface area contributed by atoms with Gasteiger partial charge < -0.3 is 10.0 Å². The van der Waals surface area contributed by atoms with Crippen LogP contribution in [0, 0.1) is 0 Å². The fourth-order valence-electron chi connectivity index (χ4n) is 3.27. The summed E-state index contributed by atoms with van der Waals surface area (Å²) in [6.45, 7) is 7.36. The number of benzene rings is 1. The van der Waals surface area contributed by atoms with E-state index in [-0.39, 0.29) is 0 Å². The van der Waals surface area contributed by atoms with Gasteiger partial charge in [-0.3, -0.25) is 4.90 Å². The van der Waals surface area contributed by atoms with E-state index in [9.17, 15) is 5.11 Å². The van der Waals surface area contributed by atoms with Crippen LogP contribution in [0.25, 0.3) is 0 Å². The lowest BCUT2D eigenvalue weighted by atomic mass is 10.1. The Balaban J connectivity index is 1.46.